The topological polar surface area (TPSA) is 91.0 Å². The lowest BCUT2D eigenvalue weighted by Gasteiger charge is -2.38. The molecular weight excluding hydrogens is 607 g/mol. The highest BCUT2D eigenvalue weighted by Crippen LogP contribution is 2.38. The molecule has 0 N–H and O–H groups in total. The Morgan fingerprint density at radius 3 is 2.49 bits per heavy atom. The monoisotopic (exact) mass is 641 g/mol. The molecule has 0 bridgehead atoms. The minimum Gasteiger partial charge on any atom is -0.454 e. The normalized spacial score (nSPS) is 17.4. The van der Waals surface area contributed by atoms with E-state index in [1.807, 2.05) is 30.3 Å². The summed E-state index contributed by atoms with van der Waals surface area (Å²) in [5.41, 5.74) is 3.28. The second-order valence-corrected chi connectivity index (χ2v) is 13.0. The molecule has 1 amide bonds. The smallest absolute Gasteiger partial charge is 0.270 e. The maximum absolute atomic E-state index is 13.8. The molecule has 2 aromatic carbocycles. The number of amides is 1. The van der Waals surface area contributed by atoms with Crippen LogP contribution in [0.1, 0.15) is 47.6 Å². The Morgan fingerprint density at radius 1 is 1.00 bits per heavy atom. The molecule has 0 aliphatic carbocycles. The Morgan fingerprint density at radius 2 is 1.76 bits per heavy atom. The zero-order chi connectivity index (χ0) is 31.5. The van der Waals surface area contributed by atoms with Crippen LogP contribution in [0.2, 0.25) is 0 Å². The van der Waals surface area contributed by atoms with Crippen LogP contribution in [0.3, 0.4) is 0 Å². The number of thiocarbonyl (C=S) groups is 1. The van der Waals surface area contributed by atoms with Crippen LogP contribution in [0.5, 0.6) is 11.5 Å². The number of carbonyl (C=O) groups is 1. The summed E-state index contributed by atoms with van der Waals surface area (Å²) in [5, 5.41) is 10.1. The van der Waals surface area contributed by atoms with Gasteiger partial charge in [-0.15, -0.1) is 0 Å². The maximum atomic E-state index is 13.8. The number of fused-ring (bicyclic) bond motifs is 1. The van der Waals surface area contributed by atoms with Crippen molar-refractivity contribution in [2.75, 3.05) is 37.9 Å². The number of nitriles is 1. The second-order valence-electron chi connectivity index (χ2n) is 11.4. The van der Waals surface area contributed by atoms with Crippen LogP contribution in [-0.2, 0) is 24.4 Å². The number of rotatable bonds is 9. The number of anilines is 1. The number of carbonyl (C=O) groups excluding carboxylic acids is 1. The fourth-order valence-electron chi connectivity index (χ4n) is 5.96. The van der Waals surface area contributed by atoms with Crippen LogP contribution < -0.4 is 19.9 Å². The van der Waals surface area contributed by atoms with Crippen molar-refractivity contribution < 1.29 is 14.3 Å². The Hall–Kier alpha value is -4.11. The number of hydrogen-bond donors (Lipinski definition) is 0. The largest absolute Gasteiger partial charge is 0.454 e. The Bertz CT molecular complexity index is 1760. The van der Waals surface area contributed by atoms with Gasteiger partial charge >= 0.3 is 0 Å². The number of aromatic nitrogens is 1. The quantitative estimate of drug-likeness (QED) is 0.229. The first-order valence-electron chi connectivity index (χ1n) is 15.2. The van der Waals surface area contributed by atoms with Gasteiger partial charge in [-0.1, -0.05) is 73.7 Å². The lowest BCUT2D eigenvalue weighted by molar-refractivity contribution is -0.122. The SMILES string of the molecule is CCCCn1c(N2CCN(Cc3ccccc3)CC2)c(/C=C2\SC(=S)N(Cc3ccc4c(c3)OCO4)C2=O)c(C)c(C#N)c1=O. The van der Waals surface area contributed by atoms with E-state index in [-0.39, 0.29) is 23.8 Å². The number of thioether (sulfide) groups is 1. The van der Waals surface area contributed by atoms with Crippen molar-refractivity contribution >= 4 is 46.1 Å². The molecule has 0 atom stereocenters. The number of ether oxygens (including phenoxy) is 2. The van der Waals surface area contributed by atoms with E-state index >= 15 is 0 Å². The first-order chi connectivity index (χ1) is 21.9. The van der Waals surface area contributed by atoms with Gasteiger partial charge in [0.25, 0.3) is 11.5 Å². The third-order valence-corrected chi connectivity index (χ3v) is 9.81. The molecule has 232 valence electrons. The number of benzene rings is 2. The Kier molecular flexibility index (Phi) is 9.26. The summed E-state index contributed by atoms with van der Waals surface area (Å²) in [6.07, 6.45) is 3.54. The van der Waals surface area contributed by atoms with E-state index in [9.17, 15) is 14.9 Å². The minimum absolute atomic E-state index is 0.111. The van der Waals surface area contributed by atoms with Gasteiger partial charge in [-0.25, -0.2) is 0 Å². The Labute approximate surface area is 272 Å². The molecule has 6 rings (SSSR count). The third kappa shape index (κ3) is 6.36. The average Bonchev–Trinajstić information content (AvgIpc) is 3.62. The third-order valence-electron chi connectivity index (χ3n) is 8.43. The summed E-state index contributed by atoms with van der Waals surface area (Å²) in [4.78, 5) is 34.2. The molecule has 0 spiro atoms. The zero-order valence-corrected chi connectivity index (χ0v) is 27.1. The maximum Gasteiger partial charge on any atom is 0.270 e. The summed E-state index contributed by atoms with van der Waals surface area (Å²) in [5.74, 6) is 1.89. The van der Waals surface area contributed by atoms with E-state index in [1.165, 1.54) is 17.3 Å². The molecule has 3 aliphatic heterocycles. The van der Waals surface area contributed by atoms with Crippen LogP contribution in [0.25, 0.3) is 6.08 Å². The zero-order valence-electron chi connectivity index (χ0n) is 25.5. The molecule has 0 radical (unpaired) electrons. The number of pyridine rings is 1. The van der Waals surface area contributed by atoms with Gasteiger partial charge < -0.3 is 14.4 Å². The second kappa shape index (κ2) is 13.5. The van der Waals surface area contributed by atoms with Gasteiger partial charge in [-0.2, -0.15) is 5.26 Å². The van der Waals surface area contributed by atoms with E-state index < -0.39 is 0 Å². The van der Waals surface area contributed by atoms with Crippen molar-refractivity contribution in [3.05, 3.63) is 91.6 Å². The van der Waals surface area contributed by atoms with Crippen molar-refractivity contribution in [3.63, 3.8) is 0 Å². The Balaban J connectivity index is 1.33. The van der Waals surface area contributed by atoms with Crippen LogP contribution in [0.15, 0.2) is 58.2 Å². The molecule has 3 aliphatic rings. The molecule has 45 heavy (non-hydrogen) atoms. The minimum atomic E-state index is -0.280. The molecule has 11 heteroatoms. The molecule has 2 fully saturated rings. The number of piperazine rings is 1. The number of nitrogens with zero attached hydrogens (tertiary/aromatic N) is 5. The predicted molar refractivity (Wildman–Crippen MR) is 180 cm³/mol. The van der Waals surface area contributed by atoms with E-state index in [4.69, 9.17) is 21.7 Å². The van der Waals surface area contributed by atoms with Gasteiger partial charge in [0.05, 0.1) is 11.4 Å². The van der Waals surface area contributed by atoms with Crippen molar-refractivity contribution in [3.8, 4) is 17.6 Å². The first kappa shape index (κ1) is 30.9. The van der Waals surface area contributed by atoms with Gasteiger partial charge in [0.15, 0.2) is 11.5 Å². The van der Waals surface area contributed by atoms with Gasteiger partial charge in [0, 0.05) is 44.8 Å². The summed E-state index contributed by atoms with van der Waals surface area (Å²) in [6, 6.07) is 18.2. The molecule has 3 aromatic rings. The molecule has 1 aromatic heterocycles. The van der Waals surface area contributed by atoms with Gasteiger partial charge in [-0.3, -0.25) is 24.0 Å². The van der Waals surface area contributed by atoms with Crippen LogP contribution >= 0.6 is 24.0 Å². The molecule has 0 saturated carbocycles. The summed E-state index contributed by atoms with van der Waals surface area (Å²) < 4.78 is 13.1. The van der Waals surface area contributed by atoms with Crippen molar-refractivity contribution in [2.45, 2.75) is 46.3 Å². The van der Waals surface area contributed by atoms with Crippen molar-refractivity contribution in [1.29, 1.82) is 5.26 Å². The highest BCUT2D eigenvalue weighted by atomic mass is 32.2. The molecule has 9 nitrogen and oxygen atoms in total. The first-order valence-corrected chi connectivity index (χ1v) is 16.4. The van der Waals surface area contributed by atoms with Crippen LogP contribution in [0.4, 0.5) is 5.82 Å². The molecule has 0 unspecified atom stereocenters. The van der Waals surface area contributed by atoms with E-state index in [1.54, 1.807) is 16.4 Å². The fraction of sp³-hybridized carbons (Fsp3) is 0.353. The van der Waals surface area contributed by atoms with E-state index in [2.05, 4.69) is 47.1 Å². The average molecular weight is 642 g/mol. The fourth-order valence-corrected chi connectivity index (χ4v) is 7.19. The lowest BCUT2D eigenvalue weighted by Crippen LogP contribution is -2.48. The van der Waals surface area contributed by atoms with Crippen molar-refractivity contribution in [1.82, 2.24) is 14.4 Å². The summed E-state index contributed by atoms with van der Waals surface area (Å²) >= 11 is 6.91. The molecule has 2 saturated heterocycles. The van der Waals surface area contributed by atoms with Gasteiger partial charge in [-0.05, 0) is 48.2 Å². The lowest BCUT2D eigenvalue weighted by atomic mass is 10.0. The summed E-state index contributed by atoms with van der Waals surface area (Å²) in [7, 11) is 0. The van der Waals surface area contributed by atoms with Gasteiger partial charge in [0.2, 0.25) is 6.79 Å². The summed E-state index contributed by atoms with van der Waals surface area (Å²) in [6.45, 7) is 8.81. The number of hydrogen-bond acceptors (Lipinski definition) is 9. The van der Waals surface area contributed by atoms with E-state index in [0.717, 1.165) is 62.5 Å². The van der Waals surface area contributed by atoms with Crippen molar-refractivity contribution in [2.24, 2.45) is 0 Å². The van der Waals surface area contributed by atoms with Crippen LogP contribution in [-0.4, -0.2) is 57.6 Å². The highest BCUT2D eigenvalue weighted by Gasteiger charge is 2.34. The predicted octanol–water partition coefficient (Wildman–Crippen LogP) is 5.28. The van der Waals surface area contributed by atoms with E-state index in [0.29, 0.717) is 39.4 Å². The molecule has 4 heterocycles. The molecular formula is C34H35N5O4S2. The highest BCUT2D eigenvalue weighted by molar-refractivity contribution is 8.26. The standard InChI is InChI=1S/C34H35N5O4S2/c1-3-4-12-38-31(37-15-13-36(14-16-37)20-24-8-6-5-7-9-24)26(23(2)27(19-35)32(38)40)18-30-33(41)39(34(44)45-30)21-25-10-11-28-29(17-25)43-22-42-28/h5-11,17-18H,3-4,12-16,20-22H2,1-2H3/b30-18-. The number of unbranched alkanes of at least 4 members (excludes halogenated alkanes) is 1. The van der Waals surface area contributed by atoms with Crippen LogP contribution in [0, 0.1) is 18.3 Å². The van der Waals surface area contributed by atoms with Gasteiger partial charge in [0.1, 0.15) is 21.8 Å².